The van der Waals surface area contributed by atoms with Gasteiger partial charge < -0.3 is 26.4 Å². The van der Waals surface area contributed by atoms with Crippen LogP contribution in [0.25, 0.3) is 0 Å². The summed E-state index contributed by atoms with van der Waals surface area (Å²) >= 11 is 0. The predicted octanol–water partition coefficient (Wildman–Crippen LogP) is -2.74. The number of aliphatic hydroxyl groups is 2. The van der Waals surface area contributed by atoms with Crippen LogP contribution in [0.15, 0.2) is 0 Å². The number of nitrogens with two attached hydrogens (primary N) is 1. The summed E-state index contributed by atoms with van der Waals surface area (Å²) in [5, 5.41) is 27.8. The van der Waals surface area contributed by atoms with Crippen molar-refractivity contribution in [3.8, 4) is 0 Å². The van der Waals surface area contributed by atoms with E-state index < -0.39 is 30.6 Å². The number of hydrogen-bond donors (Lipinski definition) is 5. The van der Waals surface area contributed by atoms with Gasteiger partial charge in [-0.25, -0.2) is 0 Å². The van der Waals surface area contributed by atoms with Gasteiger partial charge in [0, 0.05) is 6.54 Å². The quantitative estimate of drug-likeness (QED) is 0.320. The van der Waals surface area contributed by atoms with Crippen LogP contribution in [0.2, 0.25) is 0 Å². The summed E-state index contributed by atoms with van der Waals surface area (Å²) < 4.78 is 0. The molecule has 1 amide bonds. The van der Waals surface area contributed by atoms with Crippen molar-refractivity contribution in [3.05, 3.63) is 0 Å². The van der Waals surface area contributed by atoms with Gasteiger partial charge in [-0.15, -0.1) is 0 Å². The average molecular weight is 206 g/mol. The van der Waals surface area contributed by atoms with Gasteiger partial charge in [0.1, 0.15) is 6.04 Å². The zero-order valence-electron chi connectivity index (χ0n) is 7.51. The van der Waals surface area contributed by atoms with E-state index >= 15 is 0 Å². The maximum absolute atomic E-state index is 10.9. The first-order valence-electron chi connectivity index (χ1n) is 4.01. The molecule has 2 atom stereocenters. The molecule has 0 saturated heterocycles. The highest BCUT2D eigenvalue weighted by atomic mass is 16.4. The first-order valence-corrected chi connectivity index (χ1v) is 4.01. The van der Waals surface area contributed by atoms with E-state index in [1.54, 1.807) is 0 Å². The fraction of sp³-hybridized carbons (Fsp3) is 0.714. The molecule has 0 saturated carbocycles. The summed E-state index contributed by atoms with van der Waals surface area (Å²) in [5.41, 5.74) is 5.08. The number of carbonyl (C=O) groups excluding carboxylic acids is 1. The van der Waals surface area contributed by atoms with Gasteiger partial charge >= 0.3 is 5.97 Å². The molecular weight excluding hydrogens is 192 g/mol. The minimum atomic E-state index is -1.26. The number of carboxylic acids is 1. The Balaban J connectivity index is 3.71. The standard InChI is InChI=1S/C7H14N2O5/c8-5(7(13)14)1-6(12)9-2-4(11)3-10/h4-5,10-11H,1-3,8H2,(H,9,12)(H,13,14). The lowest BCUT2D eigenvalue weighted by Crippen LogP contribution is -2.40. The molecule has 0 fully saturated rings. The fourth-order valence-electron chi connectivity index (χ4n) is 0.655. The number of carboxylic acid groups (broad SMARTS) is 1. The third-order valence-corrected chi connectivity index (χ3v) is 1.47. The Morgan fingerprint density at radius 2 is 2.00 bits per heavy atom. The Kier molecular flexibility index (Phi) is 5.77. The summed E-state index contributed by atoms with van der Waals surface area (Å²) in [6.07, 6.45) is -1.40. The van der Waals surface area contributed by atoms with Crippen molar-refractivity contribution >= 4 is 11.9 Å². The first-order chi connectivity index (χ1) is 6.47. The van der Waals surface area contributed by atoms with Gasteiger partial charge in [-0.3, -0.25) is 9.59 Å². The Morgan fingerprint density at radius 3 is 2.43 bits per heavy atom. The molecule has 0 radical (unpaired) electrons. The monoisotopic (exact) mass is 206 g/mol. The molecule has 82 valence electrons. The molecule has 0 aromatic carbocycles. The number of aliphatic carboxylic acids is 1. The molecule has 0 aliphatic carbocycles. The Labute approximate surface area is 80.5 Å². The summed E-state index contributed by atoms with van der Waals surface area (Å²) in [6, 6.07) is -1.25. The Bertz CT molecular complexity index is 208. The maximum Gasteiger partial charge on any atom is 0.321 e. The SMILES string of the molecule is NC(CC(=O)NCC(O)CO)C(=O)O. The average Bonchev–Trinajstić information content (AvgIpc) is 2.13. The normalized spacial score (nSPS) is 14.5. The third-order valence-electron chi connectivity index (χ3n) is 1.47. The van der Waals surface area contributed by atoms with Crippen molar-refractivity contribution < 1.29 is 24.9 Å². The van der Waals surface area contributed by atoms with E-state index in [-0.39, 0.29) is 13.0 Å². The molecule has 0 aromatic heterocycles. The summed E-state index contributed by atoms with van der Waals surface area (Å²) in [4.78, 5) is 21.2. The minimum absolute atomic E-state index is 0.123. The largest absolute Gasteiger partial charge is 0.480 e. The van der Waals surface area contributed by atoms with Crippen LogP contribution < -0.4 is 11.1 Å². The van der Waals surface area contributed by atoms with E-state index in [0.29, 0.717) is 0 Å². The van der Waals surface area contributed by atoms with Crippen LogP contribution in [0, 0.1) is 0 Å². The van der Waals surface area contributed by atoms with Gasteiger partial charge in [0.05, 0.1) is 19.1 Å². The predicted molar refractivity (Wildman–Crippen MR) is 46.3 cm³/mol. The molecule has 2 unspecified atom stereocenters. The van der Waals surface area contributed by atoms with Crippen LogP contribution in [-0.2, 0) is 9.59 Å². The molecule has 14 heavy (non-hydrogen) atoms. The molecule has 0 aliphatic heterocycles. The molecule has 0 rings (SSSR count). The van der Waals surface area contributed by atoms with Gasteiger partial charge in [0.25, 0.3) is 0 Å². The number of aliphatic hydroxyl groups excluding tert-OH is 2. The van der Waals surface area contributed by atoms with E-state index in [2.05, 4.69) is 5.32 Å². The second-order valence-electron chi connectivity index (χ2n) is 2.79. The second kappa shape index (κ2) is 6.30. The number of hydrogen-bond acceptors (Lipinski definition) is 5. The van der Waals surface area contributed by atoms with Crippen LogP contribution in [0.3, 0.4) is 0 Å². The van der Waals surface area contributed by atoms with Crippen LogP contribution in [0.5, 0.6) is 0 Å². The summed E-state index contributed by atoms with van der Waals surface area (Å²) in [5.74, 6) is -1.84. The highest BCUT2D eigenvalue weighted by Crippen LogP contribution is 1.88. The topological polar surface area (TPSA) is 133 Å². The highest BCUT2D eigenvalue weighted by Gasteiger charge is 2.16. The molecule has 0 heterocycles. The van der Waals surface area contributed by atoms with Gasteiger partial charge in [0.15, 0.2) is 0 Å². The highest BCUT2D eigenvalue weighted by molar-refractivity contribution is 5.84. The van der Waals surface area contributed by atoms with Crippen LogP contribution >= 0.6 is 0 Å². The molecule has 6 N–H and O–H groups in total. The van der Waals surface area contributed by atoms with Crippen LogP contribution in [0.1, 0.15) is 6.42 Å². The summed E-state index contributed by atoms with van der Waals surface area (Å²) in [6.45, 7) is -0.590. The lowest BCUT2D eigenvalue weighted by atomic mass is 10.2. The van der Waals surface area contributed by atoms with E-state index in [0.717, 1.165) is 0 Å². The van der Waals surface area contributed by atoms with Crippen molar-refractivity contribution in [3.63, 3.8) is 0 Å². The van der Waals surface area contributed by atoms with Gasteiger partial charge in [-0.1, -0.05) is 0 Å². The number of rotatable bonds is 6. The fourth-order valence-corrected chi connectivity index (χ4v) is 0.655. The molecular formula is C7H14N2O5. The van der Waals surface area contributed by atoms with E-state index in [4.69, 9.17) is 21.1 Å². The van der Waals surface area contributed by atoms with Gasteiger partial charge in [-0.05, 0) is 0 Å². The Hall–Kier alpha value is -1.18. The lowest BCUT2D eigenvalue weighted by molar-refractivity contribution is -0.140. The van der Waals surface area contributed by atoms with E-state index in [9.17, 15) is 9.59 Å². The van der Waals surface area contributed by atoms with E-state index in [1.807, 2.05) is 0 Å². The Morgan fingerprint density at radius 1 is 1.43 bits per heavy atom. The molecule has 0 bridgehead atoms. The van der Waals surface area contributed by atoms with Crippen molar-refractivity contribution in [2.75, 3.05) is 13.2 Å². The van der Waals surface area contributed by atoms with Crippen LogP contribution in [0.4, 0.5) is 0 Å². The number of carbonyl (C=O) groups is 2. The molecule has 0 spiro atoms. The smallest absolute Gasteiger partial charge is 0.321 e. The zero-order chi connectivity index (χ0) is 11.1. The van der Waals surface area contributed by atoms with Crippen molar-refractivity contribution in [1.29, 1.82) is 0 Å². The zero-order valence-corrected chi connectivity index (χ0v) is 7.51. The van der Waals surface area contributed by atoms with E-state index in [1.165, 1.54) is 0 Å². The molecule has 0 aliphatic rings. The van der Waals surface area contributed by atoms with Gasteiger partial charge in [0.2, 0.25) is 5.91 Å². The number of amides is 1. The molecule has 0 aromatic rings. The van der Waals surface area contributed by atoms with Crippen molar-refractivity contribution in [2.45, 2.75) is 18.6 Å². The third kappa shape index (κ3) is 5.46. The van der Waals surface area contributed by atoms with Crippen molar-refractivity contribution in [2.24, 2.45) is 5.73 Å². The maximum atomic E-state index is 10.9. The number of nitrogens with one attached hydrogen (secondary N) is 1. The first kappa shape index (κ1) is 12.8. The molecule has 7 heteroatoms. The van der Waals surface area contributed by atoms with Crippen LogP contribution in [-0.4, -0.2) is 52.5 Å². The molecule has 7 nitrogen and oxygen atoms in total. The van der Waals surface area contributed by atoms with Gasteiger partial charge in [-0.2, -0.15) is 0 Å². The summed E-state index contributed by atoms with van der Waals surface area (Å²) in [7, 11) is 0. The lowest BCUT2D eigenvalue weighted by Gasteiger charge is -2.10. The second-order valence-corrected chi connectivity index (χ2v) is 2.79. The minimum Gasteiger partial charge on any atom is -0.480 e. The van der Waals surface area contributed by atoms with Crippen molar-refractivity contribution in [1.82, 2.24) is 5.32 Å².